The lowest BCUT2D eigenvalue weighted by atomic mass is 10.1. The van der Waals surface area contributed by atoms with Crippen LogP contribution in [0, 0.1) is 0 Å². The minimum absolute atomic E-state index is 0.0871. The number of hydrogen-bond acceptors (Lipinski definition) is 4. The summed E-state index contributed by atoms with van der Waals surface area (Å²) in [5.41, 5.74) is 0.248. The van der Waals surface area contributed by atoms with Crippen LogP contribution in [0.25, 0.3) is 0 Å². The van der Waals surface area contributed by atoms with Crippen molar-refractivity contribution in [3.05, 3.63) is 18.0 Å². The highest BCUT2D eigenvalue weighted by Gasteiger charge is 2.26. The van der Waals surface area contributed by atoms with Gasteiger partial charge in [-0.2, -0.15) is 0 Å². The van der Waals surface area contributed by atoms with E-state index >= 15 is 0 Å². The molecule has 1 aromatic rings. The van der Waals surface area contributed by atoms with Gasteiger partial charge in [-0.05, 0) is 18.9 Å². The van der Waals surface area contributed by atoms with E-state index in [4.69, 9.17) is 5.14 Å². The van der Waals surface area contributed by atoms with E-state index in [-0.39, 0.29) is 23.0 Å². The molecule has 1 aliphatic heterocycles. The maximum absolute atomic E-state index is 12.3. The van der Waals surface area contributed by atoms with Gasteiger partial charge < -0.3 is 14.6 Å². The van der Waals surface area contributed by atoms with Gasteiger partial charge in [0.25, 0.3) is 5.91 Å². The van der Waals surface area contributed by atoms with Crippen LogP contribution in [0.5, 0.6) is 0 Å². The number of nitrogens with two attached hydrogens (primary N) is 1. The predicted octanol–water partition coefficient (Wildman–Crippen LogP) is -0.731. The number of aliphatic hydroxyl groups is 1. The minimum Gasteiger partial charge on any atom is -0.391 e. The Morgan fingerprint density at radius 2 is 2.21 bits per heavy atom. The van der Waals surface area contributed by atoms with Gasteiger partial charge in [-0.25, -0.2) is 13.6 Å². The summed E-state index contributed by atoms with van der Waals surface area (Å²) in [6, 6.07) is 1.26. The van der Waals surface area contributed by atoms with Crippen molar-refractivity contribution in [3.63, 3.8) is 0 Å². The summed E-state index contributed by atoms with van der Waals surface area (Å²) < 4.78 is 23.9. The molecule has 1 aromatic heterocycles. The molecule has 0 saturated carbocycles. The number of β-amino-alcohol motifs (C(OH)–C–C–N with tert-alkyl or cyclic N) is 1. The summed E-state index contributed by atoms with van der Waals surface area (Å²) in [6.07, 6.45) is 2.21. The summed E-state index contributed by atoms with van der Waals surface area (Å²) >= 11 is 0. The van der Waals surface area contributed by atoms with Crippen molar-refractivity contribution in [1.29, 1.82) is 0 Å². The number of aromatic nitrogens is 1. The van der Waals surface area contributed by atoms with E-state index in [1.165, 1.54) is 21.7 Å². The molecular weight excluding hydrogens is 270 g/mol. The Hall–Kier alpha value is -1.38. The fourth-order valence-electron chi connectivity index (χ4n) is 2.20. The van der Waals surface area contributed by atoms with E-state index in [1.54, 1.807) is 7.05 Å². The monoisotopic (exact) mass is 287 g/mol. The number of carbonyl (C=O) groups is 1. The number of hydrogen-bond donors (Lipinski definition) is 2. The third-order valence-electron chi connectivity index (χ3n) is 3.21. The van der Waals surface area contributed by atoms with E-state index in [0.29, 0.717) is 13.0 Å². The molecule has 19 heavy (non-hydrogen) atoms. The zero-order valence-electron chi connectivity index (χ0n) is 10.6. The summed E-state index contributed by atoms with van der Waals surface area (Å²) in [5.74, 6) is -0.295. The van der Waals surface area contributed by atoms with Gasteiger partial charge in [-0.15, -0.1) is 0 Å². The number of sulfonamides is 1. The van der Waals surface area contributed by atoms with Gasteiger partial charge in [-0.1, -0.05) is 0 Å². The van der Waals surface area contributed by atoms with E-state index < -0.39 is 16.1 Å². The lowest BCUT2D eigenvalue weighted by Gasteiger charge is -2.30. The molecule has 0 bridgehead atoms. The SMILES string of the molecule is Cn1cc(S(N)(=O)=O)cc1C(=O)N1CCC[C@H](O)C1. The van der Waals surface area contributed by atoms with Crippen LogP contribution in [-0.4, -0.2) is 48.1 Å². The molecule has 1 aliphatic rings. The molecule has 1 amide bonds. The van der Waals surface area contributed by atoms with Crippen LogP contribution in [0.1, 0.15) is 23.3 Å². The number of nitrogens with zero attached hydrogens (tertiary/aromatic N) is 2. The second kappa shape index (κ2) is 4.95. The van der Waals surface area contributed by atoms with E-state index in [9.17, 15) is 18.3 Å². The number of amides is 1. The Labute approximate surface area is 111 Å². The van der Waals surface area contributed by atoms with Crippen LogP contribution < -0.4 is 5.14 Å². The molecule has 0 radical (unpaired) electrons. The first-order valence-corrected chi connectivity index (χ1v) is 7.50. The van der Waals surface area contributed by atoms with E-state index in [0.717, 1.165) is 6.42 Å². The zero-order chi connectivity index (χ0) is 14.2. The highest BCUT2D eigenvalue weighted by atomic mass is 32.2. The fourth-order valence-corrected chi connectivity index (χ4v) is 2.78. The number of rotatable bonds is 2. The highest BCUT2D eigenvalue weighted by Crippen LogP contribution is 2.17. The Morgan fingerprint density at radius 3 is 2.74 bits per heavy atom. The van der Waals surface area contributed by atoms with Crippen molar-refractivity contribution in [2.24, 2.45) is 12.2 Å². The van der Waals surface area contributed by atoms with Crippen LogP contribution in [0.3, 0.4) is 0 Å². The summed E-state index contributed by atoms with van der Waals surface area (Å²) in [6.45, 7) is 0.834. The van der Waals surface area contributed by atoms with Crippen molar-refractivity contribution in [2.45, 2.75) is 23.8 Å². The van der Waals surface area contributed by atoms with Crippen LogP contribution in [0.2, 0.25) is 0 Å². The van der Waals surface area contributed by atoms with Gasteiger partial charge >= 0.3 is 0 Å². The first-order chi connectivity index (χ1) is 8.79. The average Bonchev–Trinajstić information content (AvgIpc) is 2.70. The van der Waals surface area contributed by atoms with Crippen molar-refractivity contribution < 1.29 is 18.3 Å². The quantitative estimate of drug-likeness (QED) is 0.748. The number of likely N-dealkylation sites (tertiary alicyclic amines) is 1. The van der Waals surface area contributed by atoms with E-state index in [1.807, 2.05) is 0 Å². The smallest absolute Gasteiger partial charge is 0.270 e. The van der Waals surface area contributed by atoms with Crippen molar-refractivity contribution in [2.75, 3.05) is 13.1 Å². The summed E-state index contributed by atoms with van der Waals surface area (Å²) in [4.78, 5) is 13.7. The molecule has 3 N–H and O–H groups in total. The lowest BCUT2D eigenvalue weighted by Crippen LogP contribution is -2.42. The molecule has 0 aliphatic carbocycles. The Kier molecular flexibility index (Phi) is 3.66. The molecule has 0 spiro atoms. The minimum atomic E-state index is -3.82. The lowest BCUT2D eigenvalue weighted by molar-refractivity contribution is 0.0466. The van der Waals surface area contributed by atoms with Gasteiger partial charge in [0.1, 0.15) is 10.6 Å². The number of aliphatic hydroxyl groups excluding tert-OH is 1. The van der Waals surface area contributed by atoms with Gasteiger partial charge in [0.05, 0.1) is 6.10 Å². The largest absolute Gasteiger partial charge is 0.391 e. The number of carbonyl (C=O) groups excluding carboxylic acids is 1. The molecule has 0 unspecified atom stereocenters. The molecular formula is C11H17N3O4S. The summed E-state index contributed by atoms with van der Waals surface area (Å²) in [5, 5.41) is 14.6. The molecule has 0 aromatic carbocycles. The van der Waals surface area contributed by atoms with Crippen molar-refractivity contribution in [3.8, 4) is 0 Å². The highest BCUT2D eigenvalue weighted by molar-refractivity contribution is 7.89. The second-order valence-corrected chi connectivity index (χ2v) is 6.33. The van der Waals surface area contributed by atoms with Crippen molar-refractivity contribution in [1.82, 2.24) is 9.47 Å². The molecule has 1 fully saturated rings. The standard InChI is InChI=1S/C11H17N3O4S/c1-13-7-9(19(12,17)18)5-10(13)11(16)14-4-2-3-8(15)6-14/h5,7-8,15H,2-4,6H2,1H3,(H2,12,17,18)/t8-/m0/s1. The third kappa shape index (κ3) is 2.96. The van der Waals surface area contributed by atoms with Crippen LogP contribution >= 0.6 is 0 Å². The van der Waals surface area contributed by atoms with Crippen LogP contribution in [-0.2, 0) is 17.1 Å². The van der Waals surface area contributed by atoms with Crippen LogP contribution in [0.15, 0.2) is 17.2 Å². The van der Waals surface area contributed by atoms with Gasteiger partial charge in [0, 0.05) is 26.3 Å². The molecule has 8 heteroatoms. The maximum Gasteiger partial charge on any atom is 0.270 e. The molecule has 106 valence electrons. The molecule has 2 heterocycles. The first kappa shape index (κ1) is 14.0. The maximum atomic E-state index is 12.3. The number of piperidine rings is 1. The van der Waals surface area contributed by atoms with Crippen LogP contribution in [0.4, 0.5) is 0 Å². The number of primary sulfonamides is 1. The first-order valence-electron chi connectivity index (χ1n) is 5.95. The Bertz CT molecular complexity index is 593. The van der Waals surface area contributed by atoms with Gasteiger partial charge in [-0.3, -0.25) is 4.79 Å². The second-order valence-electron chi connectivity index (χ2n) is 4.76. The molecule has 7 nitrogen and oxygen atoms in total. The average molecular weight is 287 g/mol. The number of aryl methyl sites for hydroxylation is 1. The summed E-state index contributed by atoms with van der Waals surface area (Å²) in [7, 11) is -2.23. The zero-order valence-corrected chi connectivity index (χ0v) is 11.4. The Morgan fingerprint density at radius 1 is 1.53 bits per heavy atom. The molecule has 1 atom stereocenters. The third-order valence-corrected chi connectivity index (χ3v) is 4.09. The molecule has 1 saturated heterocycles. The molecule has 2 rings (SSSR count). The Balaban J connectivity index is 2.26. The van der Waals surface area contributed by atoms with Gasteiger partial charge in [0.15, 0.2) is 0 Å². The predicted molar refractivity (Wildman–Crippen MR) is 67.9 cm³/mol. The normalized spacial score (nSPS) is 20.6. The van der Waals surface area contributed by atoms with Crippen molar-refractivity contribution >= 4 is 15.9 Å². The fraction of sp³-hybridized carbons (Fsp3) is 0.545. The van der Waals surface area contributed by atoms with E-state index in [2.05, 4.69) is 0 Å². The topological polar surface area (TPSA) is 106 Å². The van der Waals surface area contributed by atoms with Gasteiger partial charge in [0.2, 0.25) is 10.0 Å².